The number of aromatic nitrogens is 1. The van der Waals surface area contributed by atoms with Gasteiger partial charge in [-0.05, 0) is 17.7 Å². The van der Waals surface area contributed by atoms with E-state index in [0.717, 1.165) is 30.5 Å². The van der Waals surface area contributed by atoms with E-state index in [-0.39, 0.29) is 11.1 Å². The average Bonchev–Trinajstić information content (AvgIpc) is 2.40. The second-order valence-electron chi connectivity index (χ2n) is 3.95. The van der Waals surface area contributed by atoms with Crippen LogP contribution in [0.4, 0.5) is 26.3 Å². The van der Waals surface area contributed by atoms with Gasteiger partial charge in [0.15, 0.2) is 11.6 Å². The lowest BCUT2D eigenvalue weighted by atomic mass is 10.1. The van der Waals surface area contributed by atoms with E-state index in [2.05, 4.69) is 14.5 Å². The molecule has 0 radical (unpaired) electrons. The number of nitrogens with zero attached hydrogens (tertiary/aromatic N) is 1. The summed E-state index contributed by atoms with van der Waals surface area (Å²) in [4.78, 5) is 3.50. The first-order valence-corrected chi connectivity index (χ1v) is 5.71. The molecule has 2 aromatic rings. The fourth-order valence-corrected chi connectivity index (χ4v) is 1.67. The predicted octanol–water partition coefficient (Wildman–Crippen LogP) is 4.39. The van der Waals surface area contributed by atoms with Crippen molar-refractivity contribution >= 4 is 0 Å². The highest BCUT2D eigenvalue weighted by molar-refractivity contribution is 5.70. The van der Waals surface area contributed by atoms with Gasteiger partial charge in [-0.3, -0.25) is 4.98 Å². The van der Waals surface area contributed by atoms with Gasteiger partial charge in [-0.25, -0.2) is 4.39 Å². The molecule has 1 aromatic carbocycles. The Bertz CT molecular complexity index is 642. The van der Waals surface area contributed by atoms with E-state index >= 15 is 0 Å². The van der Waals surface area contributed by atoms with Crippen LogP contribution in [0.25, 0.3) is 11.1 Å². The van der Waals surface area contributed by atoms with Crippen LogP contribution in [-0.4, -0.2) is 18.0 Å². The molecule has 0 saturated carbocycles. The zero-order valence-corrected chi connectivity index (χ0v) is 10.6. The van der Waals surface area contributed by atoms with Crippen LogP contribution in [0, 0.1) is 5.82 Å². The maximum Gasteiger partial charge on any atom is 0.573 e. The molecule has 1 aromatic heterocycles. The number of hydrogen-bond acceptors (Lipinski definition) is 3. The van der Waals surface area contributed by atoms with Crippen molar-refractivity contribution in [1.29, 1.82) is 0 Å². The van der Waals surface area contributed by atoms with Gasteiger partial charge in [-0.2, -0.15) is 8.78 Å². The highest BCUT2D eigenvalue weighted by Gasteiger charge is 2.31. The van der Waals surface area contributed by atoms with Gasteiger partial charge in [0.05, 0.1) is 6.20 Å². The normalized spacial score (nSPS) is 11.6. The Kier molecular flexibility index (Phi) is 4.43. The largest absolute Gasteiger partial charge is 0.573 e. The fraction of sp³-hybridized carbons (Fsp3) is 0.154. The minimum Gasteiger partial charge on any atom is -0.431 e. The third-order valence-corrected chi connectivity index (χ3v) is 2.46. The Morgan fingerprint density at radius 1 is 1.00 bits per heavy atom. The molecule has 2 rings (SSSR count). The Morgan fingerprint density at radius 2 is 1.64 bits per heavy atom. The van der Waals surface area contributed by atoms with Gasteiger partial charge in [-0.1, -0.05) is 12.1 Å². The Hall–Kier alpha value is -2.45. The van der Waals surface area contributed by atoms with Gasteiger partial charge in [0.1, 0.15) is 5.75 Å². The molecule has 0 amide bonds. The van der Waals surface area contributed by atoms with E-state index in [0.29, 0.717) is 6.20 Å². The molecule has 0 aliphatic carbocycles. The lowest BCUT2D eigenvalue weighted by Crippen LogP contribution is -2.16. The Balaban J connectivity index is 2.34. The van der Waals surface area contributed by atoms with E-state index in [1.165, 1.54) is 0 Å². The zero-order valence-electron chi connectivity index (χ0n) is 10.6. The lowest BCUT2D eigenvalue weighted by Gasteiger charge is -2.12. The van der Waals surface area contributed by atoms with Crippen molar-refractivity contribution in [2.24, 2.45) is 0 Å². The summed E-state index contributed by atoms with van der Waals surface area (Å²) in [7, 11) is 0. The summed E-state index contributed by atoms with van der Waals surface area (Å²) in [6.45, 7) is -3.26. The molecule has 1 heterocycles. The van der Waals surface area contributed by atoms with Crippen LogP contribution in [0.5, 0.6) is 11.5 Å². The van der Waals surface area contributed by atoms with Crippen molar-refractivity contribution < 1.29 is 35.8 Å². The molecule has 0 fully saturated rings. The highest BCUT2D eigenvalue weighted by atomic mass is 19.4. The number of benzene rings is 1. The molecule has 0 saturated heterocycles. The van der Waals surface area contributed by atoms with Gasteiger partial charge in [0.2, 0.25) is 0 Å². The Morgan fingerprint density at radius 3 is 2.18 bits per heavy atom. The van der Waals surface area contributed by atoms with Crippen LogP contribution in [-0.2, 0) is 0 Å². The van der Waals surface area contributed by atoms with E-state index in [9.17, 15) is 26.3 Å². The first-order chi connectivity index (χ1) is 10.3. The van der Waals surface area contributed by atoms with Gasteiger partial charge < -0.3 is 9.47 Å². The van der Waals surface area contributed by atoms with E-state index in [4.69, 9.17) is 0 Å². The summed E-state index contributed by atoms with van der Waals surface area (Å²) in [6, 6.07) is 4.19. The van der Waals surface area contributed by atoms with Crippen molar-refractivity contribution in [1.82, 2.24) is 4.98 Å². The molecular formula is C13H7F6NO2. The standard InChI is InChI=1S/C13H7F6NO2/c14-10-6-20-5-9(11(10)21-12(15)16)7-1-3-8(4-2-7)22-13(17,18)19/h1-6,12H. The molecule has 0 bridgehead atoms. The third-order valence-electron chi connectivity index (χ3n) is 2.46. The first-order valence-electron chi connectivity index (χ1n) is 5.71. The number of alkyl halides is 5. The molecule has 3 nitrogen and oxygen atoms in total. The van der Waals surface area contributed by atoms with Crippen LogP contribution in [0.1, 0.15) is 0 Å². The first kappa shape index (κ1) is 15.9. The molecule has 0 N–H and O–H groups in total. The summed E-state index contributed by atoms with van der Waals surface area (Å²) in [6.07, 6.45) is -3.12. The maximum absolute atomic E-state index is 13.5. The predicted molar refractivity (Wildman–Crippen MR) is 62.9 cm³/mol. The molecule has 0 spiro atoms. The lowest BCUT2D eigenvalue weighted by molar-refractivity contribution is -0.274. The van der Waals surface area contributed by atoms with Gasteiger partial charge in [0, 0.05) is 11.8 Å². The summed E-state index contributed by atoms with van der Waals surface area (Å²) >= 11 is 0. The molecule has 118 valence electrons. The van der Waals surface area contributed by atoms with E-state index < -0.39 is 30.3 Å². The quantitative estimate of drug-likeness (QED) is 0.782. The number of ether oxygens (including phenoxy) is 2. The summed E-state index contributed by atoms with van der Waals surface area (Å²) in [5.74, 6) is -2.36. The van der Waals surface area contributed by atoms with Crippen molar-refractivity contribution in [3.63, 3.8) is 0 Å². The van der Waals surface area contributed by atoms with Crippen LogP contribution >= 0.6 is 0 Å². The fourth-order valence-electron chi connectivity index (χ4n) is 1.67. The molecule has 22 heavy (non-hydrogen) atoms. The topological polar surface area (TPSA) is 31.4 Å². The minimum absolute atomic E-state index is 0.126. The summed E-state index contributed by atoms with van der Waals surface area (Å²) in [5, 5.41) is 0. The SMILES string of the molecule is Fc1cncc(-c2ccc(OC(F)(F)F)cc2)c1OC(F)F. The average molecular weight is 323 g/mol. The molecule has 0 aliphatic rings. The van der Waals surface area contributed by atoms with Crippen molar-refractivity contribution in [2.75, 3.05) is 0 Å². The smallest absolute Gasteiger partial charge is 0.431 e. The zero-order chi connectivity index (χ0) is 16.3. The highest BCUT2D eigenvalue weighted by Crippen LogP contribution is 2.34. The number of hydrogen-bond donors (Lipinski definition) is 0. The van der Waals surface area contributed by atoms with Gasteiger partial charge >= 0.3 is 13.0 Å². The van der Waals surface area contributed by atoms with Crippen LogP contribution in [0.15, 0.2) is 36.7 Å². The number of pyridine rings is 1. The second-order valence-corrected chi connectivity index (χ2v) is 3.95. The molecule has 0 atom stereocenters. The van der Waals surface area contributed by atoms with Crippen molar-refractivity contribution in [2.45, 2.75) is 13.0 Å². The number of rotatable bonds is 4. The third kappa shape index (κ3) is 4.03. The molecule has 9 heteroatoms. The number of halogens is 6. The maximum atomic E-state index is 13.5. The monoisotopic (exact) mass is 323 g/mol. The van der Waals surface area contributed by atoms with Crippen LogP contribution < -0.4 is 9.47 Å². The molecule has 0 aliphatic heterocycles. The van der Waals surface area contributed by atoms with Gasteiger partial charge in [-0.15, -0.1) is 13.2 Å². The van der Waals surface area contributed by atoms with E-state index in [1.54, 1.807) is 0 Å². The summed E-state index contributed by atoms with van der Waals surface area (Å²) in [5.41, 5.74) is 0.0102. The van der Waals surface area contributed by atoms with Crippen molar-refractivity contribution in [3.8, 4) is 22.6 Å². The second kappa shape index (κ2) is 6.12. The molecular weight excluding hydrogens is 316 g/mol. The Labute approximate surface area is 120 Å². The van der Waals surface area contributed by atoms with Crippen LogP contribution in [0.2, 0.25) is 0 Å². The molecule has 0 unspecified atom stereocenters. The summed E-state index contributed by atoms with van der Waals surface area (Å²) < 4.78 is 82.0. The van der Waals surface area contributed by atoms with Crippen molar-refractivity contribution in [3.05, 3.63) is 42.5 Å². The van der Waals surface area contributed by atoms with Gasteiger partial charge in [0.25, 0.3) is 0 Å². The van der Waals surface area contributed by atoms with E-state index in [1.807, 2.05) is 0 Å². The van der Waals surface area contributed by atoms with Crippen LogP contribution in [0.3, 0.4) is 0 Å². The minimum atomic E-state index is -4.86.